The molecule has 0 radical (unpaired) electrons. The number of hydrogen-bond acceptors (Lipinski definition) is 4. The minimum Gasteiger partial charge on any atom is -0.487 e. The van der Waals surface area contributed by atoms with Crippen LogP contribution in [0.4, 0.5) is 0 Å². The second-order valence-corrected chi connectivity index (χ2v) is 8.47. The van der Waals surface area contributed by atoms with E-state index >= 15 is 0 Å². The van der Waals surface area contributed by atoms with E-state index in [2.05, 4.69) is 18.3 Å². The lowest BCUT2D eigenvalue weighted by molar-refractivity contribution is -0.144. The third kappa shape index (κ3) is 3.53. The zero-order valence-corrected chi connectivity index (χ0v) is 15.2. The molecule has 1 aromatic carbocycles. The minimum absolute atomic E-state index is 0.00601. The van der Waals surface area contributed by atoms with Crippen molar-refractivity contribution in [2.24, 2.45) is 0 Å². The molecule has 0 aromatic heterocycles. The summed E-state index contributed by atoms with van der Waals surface area (Å²) >= 11 is 1.53. The molecule has 24 heavy (non-hydrogen) atoms. The van der Waals surface area contributed by atoms with Crippen LogP contribution in [0.1, 0.15) is 26.3 Å². The van der Waals surface area contributed by atoms with Crippen molar-refractivity contribution in [2.75, 3.05) is 18.8 Å². The van der Waals surface area contributed by atoms with Gasteiger partial charge in [-0.1, -0.05) is 19.1 Å². The SMILES string of the molecule is CCc1cccc(OC2CN(C(=O)[C@@H]3CSC(C)(C)C(=O)N3)C2)c1. The van der Waals surface area contributed by atoms with E-state index in [1.165, 1.54) is 17.3 Å². The van der Waals surface area contributed by atoms with Crippen LogP contribution in [-0.4, -0.2) is 52.4 Å². The van der Waals surface area contributed by atoms with Crippen LogP contribution in [-0.2, 0) is 16.0 Å². The molecule has 1 atom stereocenters. The fraction of sp³-hybridized carbons (Fsp3) is 0.556. The van der Waals surface area contributed by atoms with Crippen LogP contribution in [0.5, 0.6) is 5.75 Å². The predicted octanol–water partition coefficient (Wildman–Crippen LogP) is 1.85. The molecule has 2 heterocycles. The second kappa shape index (κ2) is 6.67. The molecule has 1 N–H and O–H groups in total. The number of likely N-dealkylation sites (tertiary alicyclic amines) is 1. The number of thioether (sulfide) groups is 1. The molecule has 2 saturated heterocycles. The number of amides is 2. The molecule has 0 aliphatic carbocycles. The predicted molar refractivity (Wildman–Crippen MR) is 95.3 cm³/mol. The number of hydrogen-bond donors (Lipinski definition) is 1. The van der Waals surface area contributed by atoms with Gasteiger partial charge in [-0.2, -0.15) is 0 Å². The van der Waals surface area contributed by atoms with Crippen LogP contribution >= 0.6 is 11.8 Å². The standard InChI is InChI=1S/C18H24N2O3S/c1-4-12-6-5-7-13(8-12)23-14-9-20(10-14)16(21)15-11-24-18(2,3)17(22)19-15/h5-8,14-15H,4,9-11H2,1-3H3,(H,19,22)/t15-/m0/s1. The zero-order chi connectivity index (χ0) is 17.3. The van der Waals surface area contributed by atoms with Crippen molar-refractivity contribution in [1.29, 1.82) is 0 Å². The number of carbonyl (C=O) groups is 2. The highest BCUT2D eigenvalue weighted by Crippen LogP contribution is 2.30. The Bertz CT molecular complexity index is 641. The van der Waals surface area contributed by atoms with Gasteiger partial charge in [-0.25, -0.2) is 0 Å². The Hall–Kier alpha value is -1.69. The van der Waals surface area contributed by atoms with Crippen molar-refractivity contribution in [1.82, 2.24) is 10.2 Å². The molecule has 0 spiro atoms. The maximum absolute atomic E-state index is 12.5. The van der Waals surface area contributed by atoms with Crippen molar-refractivity contribution < 1.29 is 14.3 Å². The highest BCUT2D eigenvalue weighted by molar-refractivity contribution is 8.01. The van der Waals surface area contributed by atoms with E-state index < -0.39 is 10.8 Å². The molecule has 1 aromatic rings. The van der Waals surface area contributed by atoms with Gasteiger partial charge in [-0.15, -0.1) is 11.8 Å². The van der Waals surface area contributed by atoms with E-state index in [0.29, 0.717) is 18.8 Å². The Kier molecular flexibility index (Phi) is 4.76. The van der Waals surface area contributed by atoms with E-state index in [1.54, 1.807) is 4.90 Å². The lowest BCUT2D eigenvalue weighted by Crippen LogP contribution is -2.64. The first-order valence-electron chi connectivity index (χ1n) is 8.38. The van der Waals surface area contributed by atoms with Crippen LogP contribution < -0.4 is 10.1 Å². The lowest BCUT2D eigenvalue weighted by atomic mass is 10.1. The number of ether oxygens (including phenoxy) is 1. The van der Waals surface area contributed by atoms with Gasteiger partial charge < -0.3 is 15.0 Å². The largest absolute Gasteiger partial charge is 0.487 e. The molecule has 2 amide bonds. The lowest BCUT2D eigenvalue weighted by Gasteiger charge is -2.42. The fourth-order valence-corrected chi connectivity index (χ4v) is 3.81. The van der Waals surface area contributed by atoms with Gasteiger partial charge in [0.05, 0.1) is 17.8 Å². The van der Waals surface area contributed by atoms with E-state index in [-0.39, 0.29) is 17.9 Å². The van der Waals surface area contributed by atoms with Crippen molar-refractivity contribution >= 4 is 23.6 Å². The Morgan fingerprint density at radius 3 is 2.83 bits per heavy atom. The Labute approximate surface area is 147 Å². The number of nitrogens with zero attached hydrogens (tertiary/aromatic N) is 1. The molecular formula is C18H24N2O3S. The number of carbonyl (C=O) groups excluding carboxylic acids is 2. The fourth-order valence-electron chi connectivity index (χ4n) is 2.81. The smallest absolute Gasteiger partial charge is 0.246 e. The third-order valence-corrected chi connectivity index (χ3v) is 5.94. The normalized spacial score (nSPS) is 23.4. The molecule has 0 unspecified atom stereocenters. The maximum atomic E-state index is 12.5. The first kappa shape index (κ1) is 17.1. The Morgan fingerprint density at radius 2 is 2.17 bits per heavy atom. The van der Waals surface area contributed by atoms with Crippen LogP contribution in [0.25, 0.3) is 0 Å². The molecule has 130 valence electrons. The maximum Gasteiger partial charge on any atom is 0.246 e. The molecule has 2 aliphatic rings. The van der Waals surface area contributed by atoms with Crippen LogP contribution in [0, 0.1) is 0 Å². The number of aryl methyl sites for hydroxylation is 1. The summed E-state index contributed by atoms with van der Waals surface area (Å²) in [6, 6.07) is 7.65. The van der Waals surface area contributed by atoms with Gasteiger partial charge in [0.1, 0.15) is 17.9 Å². The summed E-state index contributed by atoms with van der Waals surface area (Å²) in [6.45, 7) is 7.03. The summed E-state index contributed by atoms with van der Waals surface area (Å²) in [5.41, 5.74) is 1.24. The molecule has 2 aliphatic heterocycles. The molecule has 3 rings (SSSR count). The summed E-state index contributed by atoms with van der Waals surface area (Å²) in [5, 5.41) is 2.84. The van der Waals surface area contributed by atoms with E-state index in [9.17, 15) is 9.59 Å². The van der Waals surface area contributed by atoms with Crippen molar-refractivity contribution in [3.8, 4) is 5.75 Å². The monoisotopic (exact) mass is 348 g/mol. The quantitative estimate of drug-likeness (QED) is 0.902. The van der Waals surface area contributed by atoms with Gasteiger partial charge in [0.25, 0.3) is 0 Å². The number of rotatable bonds is 4. The van der Waals surface area contributed by atoms with Gasteiger partial charge in [0, 0.05) is 5.75 Å². The third-order valence-electron chi connectivity index (χ3n) is 4.53. The highest BCUT2D eigenvalue weighted by atomic mass is 32.2. The van der Waals surface area contributed by atoms with Gasteiger partial charge in [0.15, 0.2) is 0 Å². The number of benzene rings is 1. The molecule has 0 bridgehead atoms. The van der Waals surface area contributed by atoms with Crippen molar-refractivity contribution in [3.63, 3.8) is 0 Å². The highest BCUT2D eigenvalue weighted by Gasteiger charge is 2.42. The molecule has 6 heteroatoms. The van der Waals surface area contributed by atoms with Crippen LogP contribution in [0.2, 0.25) is 0 Å². The van der Waals surface area contributed by atoms with Crippen LogP contribution in [0.15, 0.2) is 24.3 Å². The van der Waals surface area contributed by atoms with Crippen LogP contribution in [0.3, 0.4) is 0 Å². The summed E-state index contributed by atoms with van der Waals surface area (Å²) in [6.07, 6.45) is 1.01. The molecular weight excluding hydrogens is 324 g/mol. The first-order chi connectivity index (χ1) is 11.4. The molecule has 5 nitrogen and oxygen atoms in total. The van der Waals surface area contributed by atoms with E-state index in [4.69, 9.17) is 4.74 Å². The Morgan fingerprint density at radius 1 is 1.42 bits per heavy atom. The average molecular weight is 348 g/mol. The molecule has 2 fully saturated rings. The van der Waals surface area contributed by atoms with Gasteiger partial charge in [-0.3, -0.25) is 9.59 Å². The van der Waals surface area contributed by atoms with Gasteiger partial charge >= 0.3 is 0 Å². The van der Waals surface area contributed by atoms with Crippen molar-refractivity contribution in [3.05, 3.63) is 29.8 Å². The van der Waals surface area contributed by atoms with E-state index in [1.807, 2.05) is 32.0 Å². The van der Waals surface area contributed by atoms with Gasteiger partial charge in [0.2, 0.25) is 11.8 Å². The average Bonchev–Trinajstić information content (AvgIpc) is 2.52. The van der Waals surface area contributed by atoms with Gasteiger partial charge in [-0.05, 0) is 38.0 Å². The summed E-state index contributed by atoms with van der Waals surface area (Å²) in [5.74, 6) is 1.41. The summed E-state index contributed by atoms with van der Waals surface area (Å²) in [7, 11) is 0. The number of nitrogens with one attached hydrogen (secondary N) is 1. The topological polar surface area (TPSA) is 58.6 Å². The first-order valence-corrected chi connectivity index (χ1v) is 9.37. The molecule has 0 saturated carbocycles. The summed E-state index contributed by atoms with van der Waals surface area (Å²) in [4.78, 5) is 26.2. The Balaban J connectivity index is 1.49. The zero-order valence-electron chi connectivity index (χ0n) is 14.4. The minimum atomic E-state index is -0.457. The second-order valence-electron chi connectivity index (χ2n) is 6.83. The van der Waals surface area contributed by atoms with Crippen molar-refractivity contribution in [2.45, 2.75) is 44.1 Å². The summed E-state index contributed by atoms with van der Waals surface area (Å²) < 4.78 is 5.47. The van der Waals surface area contributed by atoms with E-state index in [0.717, 1.165) is 12.2 Å².